The summed E-state index contributed by atoms with van der Waals surface area (Å²) in [5.74, 6) is -0.183. The highest BCUT2D eigenvalue weighted by Crippen LogP contribution is 2.10. The Bertz CT molecular complexity index is 345. The minimum Gasteiger partial charge on any atom is -0.508 e. The van der Waals surface area contributed by atoms with E-state index < -0.39 is 0 Å². The Morgan fingerprint density at radius 3 is 2.77 bits per heavy atom. The summed E-state index contributed by atoms with van der Waals surface area (Å²) in [6, 6.07) is 6.15. The number of phenolic OH excluding ortho intramolecular Hbond substituents is 1. The summed E-state index contributed by atoms with van der Waals surface area (Å²) < 4.78 is 0. The molecule has 13 heavy (non-hydrogen) atoms. The second-order valence-corrected chi connectivity index (χ2v) is 2.78. The molecule has 0 atom stereocenters. The van der Waals surface area contributed by atoms with Gasteiger partial charge in [0.2, 0.25) is 0 Å². The van der Waals surface area contributed by atoms with E-state index in [9.17, 15) is 4.79 Å². The van der Waals surface area contributed by atoms with Crippen LogP contribution in [0.1, 0.15) is 17.3 Å². The molecule has 68 valence electrons. The van der Waals surface area contributed by atoms with Gasteiger partial charge in [-0.25, -0.2) is 0 Å². The van der Waals surface area contributed by atoms with Crippen LogP contribution in [-0.2, 0) is 0 Å². The van der Waals surface area contributed by atoms with Crippen molar-refractivity contribution in [3.63, 3.8) is 0 Å². The highest BCUT2D eigenvalue weighted by molar-refractivity contribution is 5.95. The molecular weight excluding hydrogens is 166 g/mol. The summed E-state index contributed by atoms with van der Waals surface area (Å²) in [5.41, 5.74) is 0.997. The van der Waals surface area contributed by atoms with E-state index >= 15 is 0 Å². The minimum absolute atomic E-state index is 0.0781. The molecule has 0 spiro atoms. The molecule has 0 heterocycles. The molecule has 1 rings (SSSR count). The van der Waals surface area contributed by atoms with Crippen molar-refractivity contribution in [2.45, 2.75) is 6.92 Å². The van der Waals surface area contributed by atoms with Crippen molar-refractivity contribution in [1.82, 2.24) is 5.32 Å². The number of nitrogens with one attached hydrogen (secondary N) is 1. The Morgan fingerprint density at radius 1 is 1.54 bits per heavy atom. The summed E-state index contributed by atoms with van der Waals surface area (Å²) in [6.45, 7) is 5.24. The summed E-state index contributed by atoms with van der Waals surface area (Å²) >= 11 is 0. The number of aromatic hydroxyl groups is 1. The zero-order valence-corrected chi connectivity index (χ0v) is 7.37. The monoisotopic (exact) mass is 177 g/mol. The van der Waals surface area contributed by atoms with Crippen molar-refractivity contribution in [3.8, 4) is 5.75 Å². The van der Waals surface area contributed by atoms with E-state index in [2.05, 4.69) is 11.9 Å². The second kappa shape index (κ2) is 3.76. The van der Waals surface area contributed by atoms with E-state index in [1.165, 1.54) is 12.1 Å². The molecule has 0 aliphatic rings. The number of carbonyl (C=O) groups is 1. The Labute approximate surface area is 76.7 Å². The van der Waals surface area contributed by atoms with Gasteiger partial charge in [-0.1, -0.05) is 12.6 Å². The van der Waals surface area contributed by atoms with Crippen LogP contribution in [0.25, 0.3) is 0 Å². The maximum absolute atomic E-state index is 11.3. The van der Waals surface area contributed by atoms with E-state index in [0.29, 0.717) is 11.3 Å². The van der Waals surface area contributed by atoms with Crippen molar-refractivity contribution in [3.05, 3.63) is 42.1 Å². The molecule has 0 aromatic heterocycles. The second-order valence-electron chi connectivity index (χ2n) is 2.78. The highest BCUT2D eigenvalue weighted by Gasteiger charge is 2.04. The lowest BCUT2D eigenvalue weighted by atomic mass is 10.2. The zero-order chi connectivity index (χ0) is 9.84. The SMILES string of the molecule is C=C(C)NC(=O)c1cccc(O)c1. The van der Waals surface area contributed by atoms with Crippen LogP contribution in [0.3, 0.4) is 0 Å². The van der Waals surface area contributed by atoms with Gasteiger partial charge in [-0.15, -0.1) is 0 Å². The molecule has 1 aromatic carbocycles. The number of phenols is 1. The molecular formula is C10H11NO2. The number of hydrogen-bond acceptors (Lipinski definition) is 2. The Hall–Kier alpha value is -1.77. The number of amides is 1. The topological polar surface area (TPSA) is 49.3 Å². The molecule has 3 nitrogen and oxygen atoms in total. The van der Waals surface area contributed by atoms with E-state index in [-0.39, 0.29) is 11.7 Å². The van der Waals surface area contributed by atoms with Crippen LogP contribution in [0.4, 0.5) is 0 Å². The fourth-order valence-corrected chi connectivity index (χ4v) is 0.913. The third-order valence-corrected chi connectivity index (χ3v) is 1.44. The van der Waals surface area contributed by atoms with Crippen molar-refractivity contribution >= 4 is 5.91 Å². The molecule has 0 aliphatic heterocycles. The molecule has 0 saturated carbocycles. The lowest BCUT2D eigenvalue weighted by Crippen LogP contribution is -2.20. The van der Waals surface area contributed by atoms with Crippen molar-refractivity contribution in [2.24, 2.45) is 0 Å². The van der Waals surface area contributed by atoms with Crippen molar-refractivity contribution in [2.75, 3.05) is 0 Å². The van der Waals surface area contributed by atoms with E-state index in [1.807, 2.05) is 0 Å². The van der Waals surface area contributed by atoms with Gasteiger partial charge in [-0.2, -0.15) is 0 Å². The van der Waals surface area contributed by atoms with Gasteiger partial charge in [0.1, 0.15) is 5.75 Å². The van der Waals surface area contributed by atoms with Crippen LogP contribution in [0.2, 0.25) is 0 Å². The van der Waals surface area contributed by atoms with Crippen molar-refractivity contribution < 1.29 is 9.90 Å². The molecule has 1 amide bonds. The van der Waals surface area contributed by atoms with Crippen LogP contribution in [0.5, 0.6) is 5.75 Å². The molecule has 0 radical (unpaired) electrons. The fraction of sp³-hybridized carbons (Fsp3) is 0.100. The largest absolute Gasteiger partial charge is 0.508 e. The van der Waals surface area contributed by atoms with Gasteiger partial charge in [0, 0.05) is 11.3 Å². The first-order valence-electron chi connectivity index (χ1n) is 3.85. The summed E-state index contributed by atoms with van der Waals surface area (Å²) in [7, 11) is 0. The minimum atomic E-state index is -0.261. The summed E-state index contributed by atoms with van der Waals surface area (Å²) in [5, 5.41) is 11.6. The van der Waals surface area contributed by atoms with E-state index in [4.69, 9.17) is 5.11 Å². The quantitative estimate of drug-likeness (QED) is 0.721. The van der Waals surface area contributed by atoms with Gasteiger partial charge < -0.3 is 10.4 Å². The first-order chi connectivity index (χ1) is 6.09. The molecule has 3 heteroatoms. The first kappa shape index (κ1) is 9.32. The number of benzene rings is 1. The number of rotatable bonds is 2. The van der Waals surface area contributed by atoms with Gasteiger partial charge in [-0.05, 0) is 25.1 Å². The molecule has 0 fully saturated rings. The average Bonchev–Trinajstić information content (AvgIpc) is 2.03. The standard InChI is InChI=1S/C10H11NO2/c1-7(2)11-10(13)8-4-3-5-9(12)6-8/h3-6,12H,1H2,2H3,(H,11,13). The lowest BCUT2D eigenvalue weighted by molar-refractivity contribution is 0.0966. The number of carbonyl (C=O) groups excluding carboxylic acids is 1. The predicted octanol–water partition coefficient (Wildman–Crippen LogP) is 1.66. The van der Waals surface area contributed by atoms with E-state index in [0.717, 1.165) is 0 Å². The molecule has 0 bridgehead atoms. The Morgan fingerprint density at radius 2 is 2.23 bits per heavy atom. The number of allylic oxidation sites excluding steroid dienone is 1. The van der Waals surface area contributed by atoms with Gasteiger partial charge >= 0.3 is 0 Å². The first-order valence-corrected chi connectivity index (χ1v) is 3.85. The summed E-state index contributed by atoms with van der Waals surface area (Å²) in [6.07, 6.45) is 0. The Balaban J connectivity index is 2.83. The van der Waals surface area contributed by atoms with E-state index in [1.54, 1.807) is 19.1 Å². The van der Waals surface area contributed by atoms with Crippen LogP contribution < -0.4 is 5.32 Å². The van der Waals surface area contributed by atoms with Gasteiger partial charge in [-0.3, -0.25) is 4.79 Å². The molecule has 2 N–H and O–H groups in total. The fourth-order valence-electron chi connectivity index (χ4n) is 0.913. The van der Waals surface area contributed by atoms with Crippen LogP contribution in [-0.4, -0.2) is 11.0 Å². The Kier molecular flexibility index (Phi) is 2.69. The normalized spacial score (nSPS) is 9.31. The third-order valence-electron chi connectivity index (χ3n) is 1.44. The van der Waals surface area contributed by atoms with Crippen LogP contribution in [0, 0.1) is 0 Å². The van der Waals surface area contributed by atoms with Gasteiger partial charge in [0.05, 0.1) is 0 Å². The van der Waals surface area contributed by atoms with Gasteiger partial charge in [0.25, 0.3) is 5.91 Å². The maximum Gasteiger partial charge on any atom is 0.255 e. The average molecular weight is 177 g/mol. The van der Waals surface area contributed by atoms with Crippen LogP contribution in [0.15, 0.2) is 36.5 Å². The zero-order valence-electron chi connectivity index (χ0n) is 7.37. The molecule has 0 saturated heterocycles. The smallest absolute Gasteiger partial charge is 0.255 e. The predicted molar refractivity (Wildman–Crippen MR) is 50.4 cm³/mol. The maximum atomic E-state index is 11.3. The van der Waals surface area contributed by atoms with Crippen LogP contribution >= 0.6 is 0 Å². The third kappa shape index (κ3) is 2.63. The molecule has 1 aromatic rings. The lowest BCUT2D eigenvalue weighted by Gasteiger charge is -2.03. The molecule has 0 unspecified atom stereocenters. The molecule has 0 aliphatic carbocycles. The van der Waals surface area contributed by atoms with Crippen molar-refractivity contribution in [1.29, 1.82) is 0 Å². The number of hydrogen-bond donors (Lipinski definition) is 2. The van der Waals surface area contributed by atoms with Gasteiger partial charge in [0.15, 0.2) is 0 Å². The highest BCUT2D eigenvalue weighted by atomic mass is 16.3. The summed E-state index contributed by atoms with van der Waals surface area (Å²) in [4.78, 5) is 11.3.